The normalized spacial score (nSPS) is 13.1. The van der Waals surface area contributed by atoms with Crippen LogP contribution in [0.2, 0.25) is 0 Å². The fourth-order valence-electron chi connectivity index (χ4n) is 2.39. The summed E-state index contributed by atoms with van der Waals surface area (Å²) in [7, 11) is -5.95. The Morgan fingerprint density at radius 3 is 2.37 bits per heavy atom. The van der Waals surface area contributed by atoms with Crippen molar-refractivity contribution in [3.05, 3.63) is 40.3 Å². The first-order chi connectivity index (χ1) is 12.4. The van der Waals surface area contributed by atoms with E-state index in [4.69, 9.17) is 5.26 Å². The smallest absolute Gasteiger partial charge is 0.236 e. The topological polar surface area (TPSA) is 75.8 Å². The summed E-state index contributed by atoms with van der Waals surface area (Å²) < 4.78 is 102. The summed E-state index contributed by atoms with van der Waals surface area (Å²) in [5, 5.41) is 9.67. The zero-order valence-electron chi connectivity index (χ0n) is 12.6. The highest BCUT2D eigenvalue weighted by atomic mass is 32.2. The lowest BCUT2D eigenvalue weighted by atomic mass is 10.1. The van der Waals surface area contributed by atoms with Gasteiger partial charge in [-0.1, -0.05) is 0 Å². The number of aromatic nitrogens is 2. The quantitative estimate of drug-likeness (QED) is 0.572. The van der Waals surface area contributed by atoms with Gasteiger partial charge >= 0.3 is 21.7 Å². The van der Waals surface area contributed by atoms with E-state index in [0.717, 1.165) is 23.7 Å². The van der Waals surface area contributed by atoms with Crippen LogP contribution in [0.5, 0.6) is 0 Å². The van der Waals surface area contributed by atoms with Crippen molar-refractivity contribution in [2.45, 2.75) is 11.7 Å². The van der Waals surface area contributed by atoms with Crippen molar-refractivity contribution < 1.29 is 34.8 Å². The van der Waals surface area contributed by atoms with Gasteiger partial charge in [-0.3, -0.25) is 0 Å². The summed E-state index contributed by atoms with van der Waals surface area (Å²) >= 11 is 0.301. The van der Waals surface area contributed by atoms with Crippen molar-refractivity contribution in [1.82, 2.24) is 8.96 Å². The number of halogens is 6. The lowest BCUT2D eigenvalue weighted by Crippen LogP contribution is -2.29. The second-order valence-electron chi connectivity index (χ2n) is 5.16. The molecule has 0 unspecified atom stereocenters. The maximum absolute atomic E-state index is 13.2. The van der Waals surface area contributed by atoms with Crippen molar-refractivity contribution in [2.24, 2.45) is 0 Å². The van der Waals surface area contributed by atoms with Gasteiger partial charge in [-0.2, -0.15) is 40.0 Å². The van der Waals surface area contributed by atoms with E-state index < -0.39 is 43.4 Å². The van der Waals surface area contributed by atoms with Gasteiger partial charge in [0.2, 0.25) is 0 Å². The Hall–Kier alpha value is -2.59. The van der Waals surface area contributed by atoms with Crippen LogP contribution in [0, 0.1) is 11.3 Å². The molecule has 0 aliphatic carbocycles. The molecule has 0 fully saturated rings. The first-order valence-corrected chi connectivity index (χ1v) is 9.08. The van der Waals surface area contributed by atoms with Crippen molar-refractivity contribution in [3.63, 3.8) is 0 Å². The van der Waals surface area contributed by atoms with E-state index >= 15 is 0 Å². The Kier molecular flexibility index (Phi) is 4.23. The third-order valence-corrected chi connectivity index (χ3v) is 5.85. The molecule has 13 heteroatoms. The number of hydrogen-bond donors (Lipinski definition) is 0. The second kappa shape index (κ2) is 5.96. The van der Waals surface area contributed by atoms with Crippen LogP contribution in [0.25, 0.3) is 22.2 Å². The highest BCUT2D eigenvalue weighted by Crippen LogP contribution is 2.44. The summed E-state index contributed by atoms with van der Waals surface area (Å²) in [5.41, 5.74) is -7.54. The third kappa shape index (κ3) is 3.04. The lowest BCUT2D eigenvalue weighted by molar-refractivity contribution is -0.133. The van der Waals surface area contributed by atoms with Crippen molar-refractivity contribution in [1.29, 1.82) is 5.26 Å². The Labute approximate surface area is 151 Å². The summed E-state index contributed by atoms with van der Waals surface area (Å²) in [6.07, 6.45) is -3.55. The highest BCUT2D eigenvalue weighted by Gasteiger charge is 2.48. The minimum absolute atomic E-state index is 0.158. The van der Waals surface area contributed by atoms with Gasteiger partial charge in [0.15, 0.2) is 5.65 Å². The molecule has 0 saturated carbocycles. The molecule has 0 aliphatic rings. The molecule has 0 amide bonds. The highest BCUT2D eigenvalue weighted by molar-refractivity contribution is 7.90. The maximum atomic E-state index is 13.2. The van der Waals surface area contributed by atoms with Gasteiger partial charge in [-0.25, -0.2) is 8.96 Å². The molecule has 0 atom stereocenters. The van der Waals surface area contributed by atoms with Crippen molar-refractivity contribution in [2.75, 3.05) is 0 Å². The molecule has 5 nitrogen and oxygen atoms in total. The van der Waals surface area contributed by atoms with Gasteiger partial charge in [0.1, 0.15) is 10.9 Å². The Bertz CT molecular complexity index is 1180. The molecule has 3 aromatic rings. The van der Waals surface area contributed by atoms with E-state index in [1.54, 1.807) is 6.07 Å². The first kappa shape index (κ1) is 19.2. The first-order valence-electron chi connectivity index (χ1n) is 6.76. The van der Waals surface area contributed by atoms with Gasteiger partial charge in [-0.15, -0.1) is 11.3 Å². The molecule has 27 heavy (non-hydrogen) atoms. The van der Waals surface area contributed by atoms with E-state index in [2.05, 4.69) is 4.98 Å². The van der Waals surface area contributed by atoms with E-state index in [-0.39, 0.29) is 14.9 Å². The maximum Gasteiger partial charge on any atom is 0.517 e. The average Bonchev–Trinajstić information content (AvgIpc) is 3.17. The molecular formula is C14H5F6N3O2S2. The number of pyridine rings is 1. The summed E-state index contributed by atoms with van der Waals surface area (Å²) in [6, 6.07) is 3.64. The van der Waals surface area contributed by atoms with Gasteiger partial charge in [-0.05, 0) is 17.5 Å². The Balaban J connectivity index is 2.42. The lowest BCUT2D eigenvalue weighted by Gasteiger charge is -2.09. The molecule has 0 saturated heterocycles. The standard InChI is InChI=1S/C14H5F6N3O2S2/c15-13(16,17)11-8(1-2-26-11)10-6-23(27(24,25)14(18,19)20)12-9(10)3-7(4-21)5-22-12/h1-3,5-6H. The number of rotatable bonds is 2. The molecular weight excluding hydrogens is 420 g/mol. The van der Waals surface area contributed by atoms with E-state index in [1.165, 1.54) is 0 Å². The minimum atomic E-state index is -5.95. The number of nitrogens with zero attached hydrogens (tertiary/aromatic N) is 3. The van der Waals surface area contributed by atoms with Gasteiger partial charge in [0.05, 0.1) is 5.56 Å². The van der Waals surface area contributed by atoms with Crippen LogP contribution in [0.3, 0.4) is 0 Å². The molecule has 0 aromatic carbocycles. The van der Waals surface area contributed by atoms with E-state index in [0.29, 0.717) is 17.5 Å². The molecule has 0 bridgehead atoms. The SMILES string of the molecule is N#Cc1cnc2c(c1)c(-c1ccsc1C(F)(F)F)cn2S(=O)(=O)C(F)(F)F. The summed E-state index contributed by atoms with van der Waals surface area (Å²) in [6.45, 7) is 0. The zero-order valence-corrected chi connectivity index (χ0v) is 14.3. The van der Waals surface area contributed by atoms with Crippen molar-refractivity contribution >= 4 is 32.4 Å². The van der Waals surface area contributed by atoms with Crippen LogP contribution in [-0.4, -0.2) is 22.9 Å². The molecule has 3 rings (SSSR count). The molecule has 0 radical (unpaired) electrons. The molecule has 3 heterocycles. The fourth-order valence-corrected chi connectivity index (χ4v) is 4.01. The number of fused-ring (bicyclic) bond motifs is 1. The van der Waals surface area contributed by atoms with Crippen LogP contribution < -0.4 is 0 Å². The zero-order chi connectivity index (χ0) is 20.2. The molecule has 142 valence electrons. The Morgan fingerprint density at radius 1 is 1.15 bits per heavy atom. The summed E-state index contributed by atoms with van der Waals surface area (Å²) in [5.74, 6) is 0. The molecule has 3 aromatic heterocycles. The van der Waals surface area contributed by atoms with Crippen LogP contribution in [0.4, 0.5) is 26.3 Å². The average molecular weight is 425 g/mol. The number of hydrogen-bond acceptors (Lipinski definition) is 5. The van der Waals surface area contributed by atoms with Crippen molar-refractivity contribution in [3.8, 4) is 17.2 Å². The minimum Gasteiger partial charge on any atom is -0.236 e. The second-order valence-corrected chi connectivity index (χ2v) is 7.88. The predicted molar refractivity (Wildman–Crippen MR) is 83.1 cm³/mol. The fraction of sp³-hybridized carbons (Fsp3) is 0.143. The van der Waals surface area contributed by atoms with Crippen LogP contribution in [0.15, 0.2) is 29.9 Å². The van der Waals surface area contributed by atoms with E-state index in [9.17, 15) is 34.8 Å². The Morgan fingerprint density at radius 2 is 1.81 bits per heavy atom. The third-order valence-electron chi connectivity index (χ3n) is 3.51. The van der Waals surface area contributed by atoms with Crippen LogP contribution in [0.1, 0.15) is 10.4 Å². The number of alkyl halides is 6. The largest absolute Gasteiger partial charge is 0.517 e. The summed E-state index contributed by atoms with van der Waals surface area (Å²) in [4.78, 5) is 2.42. The van der Waals surface area contributed by atoms with Crippen LogP contribution in [-0.2, 0) is 16.2 Å². The van der Waals surface area contributed by atoms with Gasteiger partial charge in [0, 0.05) is 28.9 Å². The van der Waals surface area contributed by atoms with Gasteiger partial charge < -0.3 is 0 Å². The van der Waals surface area contributed by atoms with Crippen LogP contribution >= 0.6 is 11.3 Å². The molecule has 0 N–H and O–H groups in total. The molecule has 0 aliphatic heterocycles. The number of thiophene rings is 1. The monoisotopic (exact) mass is 425 g/mol. The van der Waals surface area contributed by atoms with E-state index in [1.807, 2.05) is 0 Å². The molecule has 0 spiro atoms. The predicted octanol–water partition coefficient (Wildman–Crippen LogP) is 4.35. The van der Waals surface area contributed by atoms with Gasteiger partial charge in [0.25, 0.3) is 0 Å². The number of nitriles is 1.